The van der Waals surface area contributed by atoms with Gasteiger partial charge in [-0.15, -0.1) is 0 Å². The van der Waals surface area contributed by atoms with Gasteiger partial charge in [-0.3, -0.25) is 4.79 Å². The van der Waals surface area contributed by atoms with Gasteiger partial charge >= 0.3 is 0 Å². The number of aromatic nitrogens is 2. The SMILES string of the molecule is O=C(/C=C/c1ccc(COc2ccc(Br)cc2)o1)c1ccc(-n2ccnc2)cc1. The van der Waals surface area contributed by atoms with E-state index in [1.54, 1.807) is 30.7 Å². The lowest BCUT2D eigenvalue weighted by Crippen LogP contribution is -1.96. The molecule has 2 aromatic carbocycles. The van der Waals surface area contributed by atoms with Gasteiger partial charge in [0.15, 0.2) is 5.78 Å². The number of carbonyl (C=O) groups is 1. The van der Waals surface area contributed by atoms with Gasteiger partial charge in [0.1, 0.15) is 23.9 Å². The van der Waals surface area contributed by atoms with Gasteiger partial charge in [-0.1, -0.05) is 15.9 Å². The van der Waals surface area contributed by atoms with Crippen molar-refractivity contribution >= 4 is 27.8 Å². The van der Waals surface area contributed by atoms with Gasteiger partial charge in [-0.05, 0) is 72.8 Å². The van der Waals surface area contributed by atoms with Crippen molar-refractivity contribution in [1.29, 1.82) is 0 Å². The number of allylic oxidation sites excluding steroid dienone is 1. The molecule has 144 valence electrons. The lowest BCUT2D eigenvalue weighted by molar-refractivity contribution is 0.104. The molecule has 2 heterocycles. The first-order valence-electron chi connectivity index (χ1n) is 8.95. The minimum absolute atomic E-state index is 0.0914. The Hall–Kier alpha value is -3.38. The summed E-state index contributed by atoms with van der Waals surface area (Å²) in [4.78, 5) is 16.4. The Morgan fingerprint density at radius 1 is 1.07 bits per heavy atom. The van der Waals surface area contributed by atoms with Crippen LogP contribution in [0.1, 0.15) is 21.9 Å². The second-order valence-corrected chi connectivity index (χ2v) is 7.18. The van der Waals surface area contributed by atoms with E-state index >= 15 is 0 Å². The molecule has 4 rings (SSSR count). The zero-order valence-electron chi connectivity index (χ0n) is 15.4. The van der Waals surface area contributed by atoms with Crippen molar-refractivity contribution in [2.45, 2.75) is 6.61 Å². The molecule has 0 aliphatic rings. The molecule has 0 radical (unpaired) electrons. The number of halogens is 1. The maximum Gasteiger partial charge on any atom is 0.185 e. The van der Waals surface area contributed by atoms with E-state index in [-0.39, 0.29) is 5.78 Å². The standard InChI is InChI=1S/C23H17BrN2O3/c24-18-3-7-20(8-4-18)28-15-22-10-9-21(29-22)11-12-23(27)17-1-5-19(6-2-17)26-14-13-25-16-26/h1-14,16H,15H2/b12-11+. The molecule has 5 nitrogen and oxygen atoms in total. The molecule has 0 amide bonds. The monoisotopic (exact) mass is 448 g/mol. The van der Waals surface area contributed by atoms with Crippen LogP contribution in [0.3, 0.4) is 0 Å². The molecule has 2 aromatic heterocycles. The first-order chi connectivity index (χ1) is 14.2. The fraction of sp³-hybridized carbons (Fsp3) is 0.0435. The van der Waals surface area contributed by atoms with Crippen LogP contribution >= 0.6 is 15.9 Å². The fourth-order valence-electron chi connectivity index (χ4n) is 2.71. The fourth-order valence-corrected chi connectivity index (χ4v) is 2.97. The first kappa shape index (κ1) is 19.0. The molecule has 0 bridgehead atoms. The van der Waals surface area contributed by atoms with Crippen LogP contribution in [0.2, 0.25) is 0 Å². The predicted octanol–water partition coefficient (Wildman–Crippen LogP) is 5.70. The minimum atomic E-state index is -0.0914. The third kappa shape index (κ3) is 4.92. The topological polar surface area (TPSA) is 57.3 Å². The second-order valence-electron chi connectivity index (χ2n) is 6.26. The van der Waals surface area contributed by atoms with Crippen molar-refractivity contribution in [2.24, 2.45) is 0 Å². The molecule has 0 unspecified atom stereocenters. The number of hydrogen-bond donors (Lipinski definition) is 0. The number of furan rings is 1. The Bertz CT molecular complexity index is 1110. The highest BCUT2D eigenvalue weighted by Crippen LogP contribution is 2.18. The molecule has 0 N–H and O–H groups in total. The second kappa shape index (κ2) is 8.75. The molecule has 0 spiro atoms. The Morgan fingerprint density at radius 2 is 1.86 bits per heavy atom. The Labute approximate surface area is 176 Å². The molecule has 0 atom stereocenters. The summed E-state index contributed by atoms with van der Waals surface area (Å²) in [6, 6.07) is 18.6. The van der Waals surface area contributed by atoms with Gasteiger partial charge in [0.05, 0.1) is 6.33 Å². The third-order valence-corrected chi connectivity index (χ3v) is 4.76. The lowest BCUT2D eigenvalue weighted by atomic mass is 10.1. The van der Waals surface area contributed by atoms with Crippen molar-refractivity contribution < 1.29 is 13.9 Å². The number of rotatable bonds is 7. The van der Waals surface area contributed by atoms with E-state index in [4.69, 9.17) is 9.15 Å². The molecule has 0 aliphatic heterocycles. The zero-order valence-corrected chi connectivity index (χ0v) is 17.0. The number of carbonyl (C=O) groups excluding carboxylic acids is 1. The van der Waals surface area contributed by atoms with Crippen molar-refractivity contribution in [3.05, 3.63) is 107 Å². The molecular formula is C23H17BrN2O3. The number of imidazole rings is 1. The van der Waals surface area contributed by atoms with Gasteiger partial charge < -0.3 is 13.7 Å². The van der Waals surface area contributed by atoms with Crippen molar-refractivity contribution in [3.8, 4) is 11.4 Å². The van der Waals surface area contributed by atoms with E-state index in [1.807, 2.05) is 59.3 Å². The molecule has 29 heavy (non-hydrogen) atoms. The van der Waals surface area contributed by atoms with Crippen LogP contribution in [-0.4, -0.2) is 15.3 Å². The summed E-state index contributed by atoms with van der Waals surface area (Å²) < 4.78 is 14.3. The van der Waals surface area contributed by atoms with Crippen LogP contribution < -0.4 is 4.74 Å². The maximum atomic E-state index is 12.4. The predicted molar refractivity (Wildman–Crippen MR) is 114 cm³/mol. The Balaban J connectivity index is 1.35. The summed E-state index contributed by atoms with van der Waals surface area (Å²) in [5.41, 5.74) is 1.56. The highest BCUT2D eigenvalue weighted by Gasteiger charge is 2.05. The largest absolute Gasteiger partial charge is 0.486 e. The summed E-state index contributed by atoms with van der Waals surface area (Å²) in [5, 5.41) is 0. The van der Waals surface area contributed by atoms with Gasteiger partial charge in [-0.2, -0.15) is 0 Å². The van der Waals surface area contributed by atoms with Gasteiger partial charge in [0.2, 0.25) is 0 Å². The van der Waals surface area contributed by atoms with E-state index in [9.17, 15) is 4.79 Å². The van der Waals surface area contributed by atoms with E-state index in [2.05, 4.69) is 20.9 Å². The van der Waals surface area contributed by atoms with Crippen LogP contribution in [0.5, 0.6) is 5.75 Å². The highest BCUT2D eigenvalue weighted by atomic mass is 79.9. The van der Waals surface area contributed by atoms with Crippen molar-refractivity contribution in [2.75, 3.05) is 0 Å². The van der Waals surface area contributed by atoms with Gasteiger partial charge in [0.25, 0.3) is 0 Å². The normalized spacial score (nSPS) is 11.1. The first-order valence-corrected chi connectivity index (χ1v) is 9.74. The van der Waals surface area contributed by atoms with E-state index < -0.39 is 0 Å². The average Bonchev–Trinajstić information content (AvgIpc) is 3.44. The van der Waals surface area contributed by atoms with Crippen LogP contribution in [-0.2, 0) is 6.61 Å². The summed E-state index contributed by atoms with van der Waals surface area (Å²) in [5.74, 6) is 1.95. The smallest absolute Gasteiger partial charge is 0.185 e. The molecule has 0 fully saturated rings. The molecule has 6 heteroatoms. The van der Waals surface area contributed by atoms with Gasteiger partial charge in [0, 0.05) is 28.1 Å². The Kier molecular flexibility index (Phi) is 5.72. The number of nitrogens with zero attached hydrogens (tertiary/aromatic N) is 2. The summed E-state index contributed by atoms with van der Waals surface area (Å²) in [6.45, 7) is 0.319. The number of benzene rings is 2. The number of ether oxygens (including phenoxy) is 1. The van der Waals surface area contributed by atoms with Crippen molar-refractivity contribution in [3.63, 3.8) is 0 Å². The number of hydrogen-bond acceptors (Lipinski definition) is 4. The van der Waals surface area contributed by atoms with Crippen LogP contribution in [0, 0.1) is 0 Å². The quantitative estimate of drug-likeness (QED) is 0.268. The molecular weight excluding hydrogens is 432 g/mol. The number of ketones is 1. The molecule has 0 aliphatic carbocycles. The zero-order chi connectivity index (χ0) is 20.1. The maximum absolute atomic E-state index is 12.4. The summed E-state index contributed by atoms with van der Waals surface area (Å²) in [7, 11) is 0. The molecule has 0 saturated carbocycles. The van der Waals surface area contributed by atoms with E-state index in [0.29, 0.717) is 23.7 Å². The van der Waals surface area contributed by atoms with E-state index in [1.165, 1.54) is 6.08 Å². The van der Waals surface area contributed by atoms with Crippen LogP contribution in [0.4, 0.5) is 0 Å². The minimum Gasteiger partial charge on any atom is -0.486 e. The van der Waals surface area contributed by atoms with Crippen molar-refractivity contribution in [1.82, 2.24) is 9.55 Å². The average molecular weight is 449 g/mol. The molecule has 0 saturated heterocycles. The highest BCUT2D eigenvalue weighted by molar-refractivity contribution is 9.10. The van der Waals surface area contributed by atoms with Crippen LogP contribution in [0.15, 0.2) is 94.4 Å². The van der Waals surface area contributed by atoms with Gasteiger partial charge in [-0.25, -0.2) is 4.98 Å². The van der Waals surface area contributed by atoms with E-state index in [0.717, 1.165) is 15.9 Å². The summed E-state index contributed by atoms with van der Waals surface area (Å²) >= 11 is 3.39. The third-order valence-electron chi connectivity index (χ3n) is 4.23. The lowest BCUT2D eigenvalue weighted by Gasteiger charge is -2.03. The molecule has 4 aromatic rings. The summed E-state index contributed by atoms with van der Waals surface area (Å²) in [6.07, 6.45) is 8.44. The van der Waals surface area contributed by atoms with Crippen LogP contribution in [0.25, 0.3) is 11.8 Å². The Morgan fingerprint density at radius 3 is 2.59 bits per heavy atom.